The third kappa shape index (κ3) is 3.39. The average molecular weight is 365 g/mol. The van der Waals surface area contributed by atoms with Crippen LogP contribution in [0.4, 0.5) is 5.69 Å². The normalized spacial score (nSPS) is 10.6. The van der Waals surface area contributed by atoms with Crippen molar-refractivity contribution in [2.45, 2.75) is 6.92 Å². The predicted octanol–water partition coefficient (Wildman–Crippen LogP) is 5.09. The van der Waals surface area contributed by atoms with Crippen LogP contribution in [0.25, 0.3) is 10.6 Å². The Kier molecular flexibility index (Phi) is 4.66. The zero-order valence-electron chi connectivity index (χ0n) is 12.4. The Morgan fingerprint density at radius 3 is 2.87 bits per heavy atom. The van der Waals surface area contributed by atoms with Crippen LogP contribution < -0.4 is 10.1 Å². The molecule has 7 heteroatoms. The van der Waals surface area contributed by atoms with E-state index in [4.69, 9.17) is 16.3 Å². The van der Waals surface area contributed by atoms with E-state index in [1.807, 2.05) is 23.8 Å². The molecule has 118 valence electrons. The van der Waals surface area contributed by atoms with Crippen molar-refractivity contribution in [1.82, 2.24) is 4.98 Å². The minimum atomic E-state index is -0.275. The molecule has 23 heavy (non-hydrogen) atoms. The summed E-state index contributed by atoms with van der Waals surface area (Å²) >= 11 is 9.12. The van der Waals surface area contributed by atoms with Crippen molar-refractivity contribution >= 4 is 45.9 Å². The quantitative estimate of drug-likeness (QED) is 0.701. The van der Waals surface area contributed by atoms with E-state index in [-0.39, 0.29) is 5.91 Å². The van der Waals surface area contributed by atoms with Gasteiger partial charge in [0.1, 0.15) is 16.5 Å². The number of aromatic nitrogens is 1. The SMILES string of the molecule is COc1cc(Cl)c(C)cc1NC(=O)c1csc(-c2ccsc2)n1. The van der Waals surface area contributed by atoms with E-state index < -0.39 is 0 Å². The van der Waals surface area contributed by atoms with Gasteiger partial charge in [0.2, 0.25) is 0 Å². The summed E-state index contributed by atoms with van der Waals surface area (Å²) in [5.41, 5.74) is 2.84. The molecule has 2 heterocycles. The van der Waals surface area contributed by atoms with Gasteiger partial charge in [0.15, 0.2) is 0 Å². The Morgan fingerprint density at radius 2 is 2.17 bits per heavy atom. The van der Waals surface area contributed by atoms with Crippen LogP contribution >= 0.6 is 34.3 Å². The van der Waals surface area contributed by atoms with Crippen LogP contribution in [0, 0.1) is 6.92 Å². The maximum atomic E-state index is 12.4. The summed E-state index contributed by atoms with van der Waals surface area (Å²) in [5.74, 6) is 0.241. The molecule has 0 aliphatic rings. The van der Waals surface area contributed by atoms with Crippen molar-refractivity contribution in [3.8, 4) is 16.3 Å². The van der Waals surface area contributed by atoms with Crippen molar-refractivity contribution in [3.05, 3.63) is 50.6 Å². The minimum absolute atomic E-state index is 0.275. The molecule has 3 rings (SSSR count). The second kappa shape index (κ2) is 6.70. The number of amides is 1. The fourth-order valence-electron chi connectivity index (χ4n) is 2.01. The highest BCUT2D eigenvalue weighted by Crippen LogP contribution is 2.32. The molecule has 2 aromatic heterocycles. The smallest absolute Gasteiger partial charge is 0.275 e. The highest BCUT2D eigenvalue weighted by molar-refractivity contribution is 7.14. The minimum Gasteiger partial charge on any atom is -0.495 e. The number of thiazole rings is 1. The molecule has 0 aliphatic carbocycles. The summed E-state index contributed by atoms with van der Waals surface area (Å²) in [6.45, 7) is 1.87. The van der Waals surface area contributed by atoms with Crippen LogP contribution in [0.3, 0.4) is 0 Å². The number of rotatable bonds is 4. The van der Waals surface area contributed by atoms with Crippen molar-refractivity contribution < 1.29 is 9.53 Å². The Labute approximate surface area is 146 Å². The van der Waals surface area contributed by atoms with E-state index in [0.29, 0.717) is 22.2 Å². The number of halogens is 1. The average Bonchev–Trinajstić information content (AvgIpc) is 3.20. The van der Waals surface area contributed by atoms with E-state index in [1.54, 1.807) is 28.8 Å². The van der Waals surface area contributed by atoms with E-state index in [1.165, 1.54) is 18.4 Å². The van der Waals surface area contributed by atoms with Crippen LogP contribution in [0.15, 0.2) is 34.3 Å². The van der Waals surface area contributed by atoms with Crippen LogP contribution in [-0.2, 0) is 0 Å². The van der Waals surface area contributed by atoms with Crippen LogP contribution in [0.2, 0.25) is 5.02 Å². The Bertz CT molecular complexity index is 844. The van der Waals surface area contributed by atoms with Crippen LogP contribution in [-0.4, -0.2) is 18.0 Å². The number of benzene rings is 1. The lowest BCUT2D eigenvalue weighted by molar-refractivity contribution is 0.102. The topological polar surface area (TPSA) is 51.2 Å². The molecule has 1 aromatic carbocycles. The zero-order chi connectivity index (χ0) is 16.4. The van der Waals surface area contributed by atoms with Gasteiger partial charge in [-0.1, -0.05) is 11.6 Å². The molecule has 0 unspecified atom stereocenters. The first-order valence-electron chi connectivity index (χ1n) is 6.72. The van der Waals surface area contributed by atoms with Gasteiger partial charge in [0.25, 0.3) is 5.91 Å². The maximum Gasteiger partial charge on any atom is 0.275 e. The lowest BCUT2D eigenvalue weighted by atomic mass is 10.2. The summed E-state index contributed by atoms with van der Waals surface area (Å²) in [6, 6.07) is 5.45. The molecule has 1 amide bonds. The van der Waals surface area contributed by atoms with Crippen molar-refractivity contribution in [2.24, 2.45) is 0 Å². The van der Waals surface area contributed by atoms with Crippen LogP contribution in [0.5, 0.6) is 5.75 Å². The van der Waals surface area contributed by atoms with Crippen molar-refractivity contribution in [1.29, 1.82) is 0 Å². The molecule has 0 fully saturated rings. The molecular formula is C16H13ClN2O2S2. The molecule has 0 spiro atoms. The molecule has 0 bridgehead atoms. The number of aryl methyl sites for hydroxylation is 1. The number of carbonyl (C=O) groups excluding carboxylic acids is 1. The molecule has 4 nitrogen and oxygen atoms in total. The second-order valence-corrected chi connectivity index (χ2v) is 6.85. The van der Waals surface area contributed by atoms with E-state index in [9.17, 15) is 4.79 Å². The van der Waals surface area contributed by atoms with Crippen molar-refractivity contribution in [2.75, 3.05) is 12.4 Å². The monoisotopic (exact) mass is 364 g/mol. The number of nitrogens with one attached hydrogen (secondary N) is 1. The Balaban J connectivity index is 1.84. The third-order valence-corrected chi connectivity index (χ3v) is 5.22. The molecule has 0 radical (unpaired) electrons. The summed E-state index contributed by atoms with van der Waals surface area (Å²) in [7, 11) is 1.54. The van der Waals surface area contributed by atoms with E-state index >= 15 is 0 Å². The van der Waals surface area contributed by atoms with Gasteiger partial charge in [-0.2, -0.15) is 11.3 Å². The number of hydrogen-bond acceptors (Lipinski definition) is 5. The van der Waals surface area contributed by atoms with Crippen molar-refractivity contribution in [3.63, 3.8) is 0 Å². The predicted molar refractivity (Wildman–Crippen MR) is 96.1 cm³/mol. The fraction of sp³-hybridized carbons (Fsp3) is 0.125. The number of carbonyl (C=O) groups is 1. The fourth-order valence-corrected chi connectivity index (χ4v) is 3.68. The number of thiophene rings is 1. The van der Waals surface area contributed by atoms with Crippen LogP contribution in [0.1, 0.15) is 16.1 Å². The van der Waals surface area contributed by atoms with Gasteiger partial charge in [-0.15, -0.1) is 11.3 Å². The Hall–Kier alpha value is -1.89. The summed E-state index contributed by atoms with van der Waals surface area (Å²) in [6.07, 6.45) is 0. The Morgan fingerprint density at radius 1 is 1.35 bits per heavy atom. The molecule has 3 aromatic rings. The number of hydrogen-bond donors (Lipinski definition) is 1. The molecular weight excluding hydrogens is 352 g/mol. The first-order chi connectivity index (χ1) is 11.1. The summed E-state index contributed by atoms with van der Waals surface area (Å²) in [4.78, 5) is 16.8. The highest BCUT2D eigenvalue weighted by Gasteiger charge is 2.15. The maximum absolute atomic E-state index is 12.4. The number of anilines is 1. The number of methoxy groups -OCH3 is 1. The van der Waals surface area contributed by atoms with E-state index in [0.717, 1.165) is 16.1 Å². The first kappa shape index (κ1) is 16.0. The lowest BCUT2D eigenvalue weighted by Crippen LogP contribution is -2.13. The summed E-state index contributed by atoms with van der Waals surface area (Å²) < 4.78 is 5.27. The lowest BCUT2D eigenvalue weighted by Gasteiger charge is -2.11. The van der Waals surface area contributed by atoms with Gasteiger partial charge in [-0.05, 0) is 30.0 Å². The van der Waals surface area contributed by atoms with Gasteiger partial charge in [0, 0.05) is 27.4 Å². The molecule has 0 atom stereocenters. The first-order valence-corrected chi connectivity index (χ1v) is 8.92. The van der Waals surface area contributed by atoms with Gasteiger partial charge < -0.3 is 10.1 Å². The summed E-state index contributed by atoms with van der Waals surface area (Å²) in [5, 5.41) is 9.99. The molecule has 0 saturated carbocycles. The third-order valence-electron chi connectivity index (χ3n) is 3.23. The standard InChI is InChI=1S/C16H13ClN2O2S2/c1-9-5-12(14(21-2)6-11(9)17)18-15(20)13-8-23-16(19-13)10-3-4-22-7-10/h3-8H,1-2H3,(H,18,20). The van der Waals surface area contributed by atoms with Gasteiger partial charge in [-0.3, -0.25) is 4.79 Å². The molecule has 1 N–H and O–H groups in total. The number of ether oxygens (including phenoxy) is 1. The molecule has 0 saturated heterocycles. The largest absolute Gasteiger partial charge is 0.495 e. The second-order valence-electron chi connectivity index (χ2n) is 4.81. The van der Waals surface area contributed by atoms with Gasteiger partial charge in [0.05, 0.1) is 12.8 Å². The van der Waals surface area contributed by atoms with Gasteiger partial charge in [-0.25, -0.2) is 4.98 Å². The number of nitrogens with zero attached hydrogens (tertiary/aromatic N) is 1. The zero-order valence-corrected chi connectivity index (χ0v) is 14.8. The molecule has 0 aliphatic heterocycles. The van der Waals surface area contributed by atoms with Gasteiger partial charge >= 0.3 is 0 Å². The highest BCUT2D eigenvalue weighted by atomic mass is 35.5. The van der Waals surface area contributed by atoms with E-state index in [2.05, 4.69) is 10.3 Å².